The maximum Gasteiger partial charge on any atom is 0.698 e. The van der Waals surface area contributed by atoms with Gasteiger partial charge in [0.25, 0.3) is 5.56 Å². The van der Waals surface area contributed by atoms with Crippen molar-refractivity contribution in [2.24, 2.45) is 0 Å². The van der Waals surface area contributed by atoms with Crippen molar-refractivity contribution in [2.75, 3.05) is 6.61 Å². The summed E-state index contributed by atoms with van der Waals surface area (Å²) in [5.74, 6) is 0. The Morgan fingerprint density at radius 3 is 2.75 bits per heavy atom. The van der Waals surface area contributed by atoms with Gasteiger partial charge in [0.05, 0.1) is 0 Å². The van der Waals surface area contributed by atoms with Crippen LogP contribution in [0.3, 0.4) is 0 Å². The number of aryl methyl sites for hydroxylation is 1. The second kappa shape index (κ2) is 7.23. The molecule has 0 bridgehead atoms. The number of aromatic nitrogens is 2. The van der Waals surface area contributed by atoms with Crippen molar-refractivity contribution in [1.82, 2.24) is 9.55 Å². The highest BCUT2D eigenvalue weighted by Gasteiger charge is 2.40. The van der Waals surface area contributed by atoms with Gasteiger partial charge in [-0.2, -0.15) is 0 Å². The number of alkyl halides is 1. The zero-order valence-electron chi connectivity index (χ0n) is 13.9. The quantitative estimate of drug-likeness (QED) is 0.803. The van der Waals surface area contributed by atoms with Crippen LogP contribution in [0.15, 0.2) is 15.8 Å². The fourth-order valence-electron chi connectivity index (χ4n) is 2.19. The molecule has 1 fully saturated rings. The molecule has 1 aliphatic rings. The van der Waals surface area contributed by atoms with Crippen molar-refractivity contribution in [2.45, 2.75) is 58.2 Å². The molecule has 0 saturated carbocycles. The molecule has 1 N–H and O–H groups in total. The highest BCUT2D eigenvalue weighted by Crippen LogP contribution is 2.35. The average Bonchev–Trinajstić information content (AvgIpc) is 2.80. The lowest BCUT2D eigenvalue weighted by Crippen LogP contribution is -2.33. The van der Waals surface area contributed by atoms with E-state index in [1.165, 1.54) is 13.1 Å². The topological polar surface area (TPSA) is 99.6 Å². The van der Waals surface area contributed by atoms with E-state index in [1.54, 1.807) is 20.8 Å². The molecule has 0 amide bonds. The van der Waals surface area contributed by atoms with Gasteiger partial charge in [-0.05, 0) is 27.7 Å². The van der Waals surface area contributed by atoms with E-state index < -0.39 is 43.6 Å². The van der Waals surface area contributed by atoms with Crippen molar-refractivity contribution in [3.05, 3.63) is 32.6 Å². The number of rotatable bonds is 5. The average molecular weight is 363 g/mol. The van der Waals surface area contributed by atoms with Gasteiger partial charge in [0, 0.05) is 22.7 Å². The Bertz CT molecular complexity index is 725. The lowest BCUT2D eigenvalue weighted by atomic mass is 10.2. The van der Waals surface area contributed by atoms with Crippen molar-refractivity contribution < 1.29 is 22.7 Å². The third kappa shape index (κ3) is 4.80. The molecule has 1 aromatic heterocycles. The van der Waals surface area contributed by atoms with E-state index in [0.717, 1.165) is 4.57 Å². The number of H-pyrrole nitrogens is 1. The maximum atomic E-state index is 14.1. The van der Waals surface area contributed by atoms with Crippen LogP contribution in [0.25, 0.3) is 0 Å². The summed E-state index contributed by atoms with van der Waals surface area (Å²) < 4.78 is 42.5. The molecule has 1 aliphatic heterocycles. The summed E-state index contributed by atoms with van der Waals surface area (Å²) in [5, 5.41) is 0. The van der Waals surface area contributed by atoms with Crippen LogP contribution in [-0.4, -0.2) is 34.0 Å². The van der Waals surface area contributed by atoms with Gasteiger partial charge in [0.2, 0.25) is 0 Å². The highest BCUT2D eigenvalue weighted by molar-refractivity contribution is 7.33. The molecule has 134 valence electrons. The van der Waals surface area contributed by atoms with Gasteiger partial charge in [-0.15, -0.1) is 9.05 Å². The second-order valence-corrected chi connectivity index (χ2v) is 7.47. The number of hydrogen-bond donors (Lipinski definition) is 1. The normalized spacial score (nSPS) is 25.0. The van der Waals surface area contributed by atoms with E-state index in [9.17, 15) is 18.5 Å². The summed E-state index contributed by atoms with van der Waals surface area (Å²) in [6.45, 7) is 6.42. The maximum absolute atomic E-state index is 14.1. The summed E-state index contributed by atoms with van der Waals surface area (Å²) in [6, 6.07) is 0. The first-order valence-electron chi connectivity index (χ1n) is 7.48. The second-order valence-electron chi connectivity index (χ2n) is 6.58. The predicted molar refractivity (Wildman–Crippen MR) is 83.9 cm³/mol. The minimum Gasteiger partial charge on any atom is -0.349 e. The molecule has 0 aromatic carbocycles. The molecule has 0 radical (unpaired) electrons. The zero-order chi connectivity index (χ0) is 18.1. The molecule has 1 unspecified atom stereocenters. The fraction of sp³-hybridized carbons (Fsp3) is 0.714. The number of aromatic amines is 1. The largest absolute Gasteiger partial charge is 0.698 e. The Hall–Kier alpha value is -1.41. The molecule has 4 atom stereocenters. The van der Waals surface area contributed by atoms with Gasteiger partial charge >= 0.3 is 13.9 Å². The van der Waals surface area contributed by atoms with Crippen molar-refractivity contribution >= 4 is 8.25 Å². The Labute approximate surface area is 138 Å². The number of nitrogens with one attached hydrogen (secondary N) is 1. The van der Waals surface area contributed by atoms with Gasteiger partial charge in [0.1, 0.15) is 30.7 Å². The minimum atomic E-state index is -2.40. The van der Waals surface area contributed by atoms with E-state index in [1.807, 2.05) is 0 Å². The van der Waals surface area contributed by atoms with Gasteiger partial charge in [0.15, 0.2) is 0 Å². The molecular formula is C14H21FN2O6P+. The number of hydrogen-bond acceptors (Lipinski definition) is 6. The van der Waals surface area contributed by atoms with Crippen molar-refractivity contribution in [3.63, 3.8) is 0 Å². The van der Waals surface area contributed by atoms with E-state index in [2.05, 4.69) is 4.98 Å². The molecule has 1 saturated heterocycles. The van der Waals surface area contributed by atoms with Crippen LogP contribution in [0.4, 0.5) is 4.39 Å². The van der Waals surface area contributed by atoms with E-state index in [-0.39, 0.29) is 13.0 Å². The molecule has 24 heavy (non-hydrogen) atoms. The molecule has 10 heteroatoms. The fourth-order valence-corrected chi connectivity index (χ4v) is 2.96. The van der Waals surface area contributed by atoms with E-state index >= 15 is 0 Å². The molecule has 1 aromatic rings. The van der Waals surface area contributed by atoms with Crippen LogP contribution >= 0.6 is 8.25 Å². The van der Waals surface area contributed by atoms with Gasteiger partial charge < -0.3 is 4.74 Å². The monoisotopic (exact) mass is 363 g/mol. The summed E-state index contributed by atoms with van der Waals surface area (Å²) >= 11 is 0. The lowest BCUT2D eigenvalue weighted by molar-refractivity contribution is -0.0338. The minimum absolute atomic E-state index is 0.0731. The third-order valence-electron chi connectivity index (χ3n) is 3.31. The molecular weight excluding hydrogens is 342 g/mol. The smallest absolute Gasteiger partial charge is 0.349 e. The first kappa shape index (κ1) is 18.9. The Kier molecular flexibility index (Phi) is 5.70. The van der Waals surface area contributed by atoms with Crippen LogP contribution < -0.4 is 11.2 Å². The SMILES string of the molecule is Cc1cn([C@H]2C[C@H](F)[C@@H](CO[P+](=O)OC(C)(C)C)O2)c(=O)[nH]c1=O. The Morgan fingerprint density at radius 2 is 2.12 bits per heavy atom. The van der Waals surface area contributed by atoms with Crippen LogP contribution in [0, 0.1) is 6.92 Å². The molecule has 0 spiro atoms. The number of ether oxygens (including phenoxy) is 1. The van der Waals surface area contributed by atoms with Crippen LogP contribution in [0.5, 0.6) is 0 Å². The Balaban J connectivity index is 2.00. The van der Waals surface area contributed by atoms with E-state index in [0.29, 0.717) is 5.56 Å². The highest BCUT2D eigenvalue weighted by atomic mass is 31.1. The predicted octanol–water partition coefficient (Wildman–Crippen LogP) is 1.96. The number of nitrogens with zero attached hydrogens (tertiary/aromatic N) is 1. The molecule has 2 rings (SSSR count). The summed E-state index contributed by atoms with van der Waals surface area (Å²) in [7, 11) is -2.40. The van der Waals surface area contributed by atoms with Gasteiger partial charge in [-0.1, -0.05) is 0 Å². The first-order chi connectivity index (χ1) is 11.1. The van der Waals surface area contributed by atoms with Crippen LogP contribution in [-0.2, 0) is 18.3 Å². The third-order valence-corrected chi connectivity index (χ3v) is 4.37. The molecule has 2 heterocycles. The van der Waals surface area contributed by atoms with Crippen molar-refractivity contribution in [3.8, 4) is 0 Å². The van der Waals surface area contributed by atoms with Gasteiger partial charge in [-0.25, -0.2) is 9.18 Å². The van der Waals surface area contributed by atoms with E-state index in [4.69, 9.17) is 13.8 Å². The zero-order valence-corrected chi connectivity index (χ0v) is 14.8. The summed E-state index contributed by atoms with van der Waals surface area (Å²) in [5.41, 5.74) is -1.51. The van der Waals surface area contributed by atoms with Crippen molar-refractivity contribution in [1.29, 1.82) is 0 Å². The lowest BCUT2D eigenvalue weighted by Gasteiger charge is -2.14. The molecule has 0 aliphatic carbocycles. The number of halogens is 1. The summed E-state index contributed by atoms with van der Waals surface area (Å²) in [4.78, 5) is 25.3. The summed E-state index contributed by atoms with van der Waals surface area (Å²) in [6.07, 6.45) is -1.98. The first-order valence-corrected chi connectivity index (χ1v) is 8.57. The standard InChI is InChI=1S/C14H20FN2O6P/c1-8-6-17(13(19)16-12(8)18)11-5-9(15)10(22-11)7-21-24(20)23-14(2,3)4/h6,9-11H,5,7H2,1-4H3/p+1/t9-,10+,11+/m0/s1. The van der Waals surface area contributed by atoms with Crippen LogP contribution in [0.2, 0.25) is 0 Å². The van der Waals surface area contributed by atoms with Crippen LogP contribution in [0.1, 0.15) is 39.0 Å². The molecule has 8 nitrogen and oxygen atoms in total. The Morgan fingerprint density at radius 1 is 1.46 bits per heavy atom. The van der Waals surface area contributed by atoms with Gasteiger partial charge in [-0.3, -0.25) is 14.3 Å².